The van der Waals surface area contributed by atoms with E-state index in [2.05, 4.69) is 10.3 Å². The van der Waals surface area contributed by atoms with Gasteiger partial charge in [-0.2, -0.15) is 4.31 Å². The number of nitrogens with one attached hydrogen (secondary N) is 1. The number of rotatable bonds is 7. The number of morpholine rings is 1. The summed E-state index contributed by atoms with van der Waals surface area (Å²) in [4.78, 5) is 17.0. The molecule has 1 fully saturated rings. The summed E-state index contributed by atoms with van der Waals surface area (Å²) in [6.45, 7) is 3.14. The van der Waals surface area contributed by atoms with Gasteiger partial charge < -0.3 is 14.8 Å². The molecule has 3 aromatic rings. The zero-order chi connectivity index (χ0) is 23.3. The molecule has 1 amide bonds. The Morgan fingerprint density at radius 3 is 2.64 bits per heavy atom. The van der Waals surface area contributed by atoms with E-state index >= 15 is 0 Å². The lowest BCUT2D eigenvalue weighted by atomic mass is 10.2. The first-order valence-corrected chi connectivity index (χ1v) is 12.6. The molecule has 1 aliphatic heterocycles. The summed E-state index contributed by atoms with van der Waals surface area (Å²) in [5.41, 5.74) is 0.925. The Morgan fingerprint density at radius 2 is 1.94 bits per heavy atom. The Balaban J connectivity index is 1.62. The van der Waals surface area contributed by atoms with Crippen molar-refractivity contribution in [1.82, 2.24) is 9.29 Å². The van der Waals surface area contributed by atoms with Gasteiger partial charge in [-0.1, -0.05) is 18.2 Å². The van der Waals surface area contributed by atoms with Crippen LogP contribution in [0.3, 0.4) is 0 Å². The van der Waals surface area contributed by atoms with E-state index < -0.39 is 15.9 Å². The fraction of sp³-hybridized carbons (Fsp3) is 0.217. The summed E-state index contributed by atoms with van der Waals surface area (Å²) in [5.74, 6) is 0.457. The number of aryl methyl sites for hydroxylation is 1. The number of carbonyl (C=O) groups is 1. The van der Waals surface area contributed by atoms with Gasteiger partial charge in [0.1, 0.15) is 5.75 Å². The van der Waals surface area contributed by atoms with E-state index in [0.717, 1.165) is 5.01 Å². The van der Waals surface area contributed by atoms with Crippen molar-refractivity contribution in [3.8, 4) is 11.5 Å². The third kappa shape index (κ3) is 5.85. The van der Waals surface area contributed by atoms with Gasteiger partial charge in [0.2, 0.25) is 15.9 Å². The number of benzene rings is 2. The van der Waals surface area contributed by atoms with E-state index in [4.69, 9.17) is 9.47 Å². The van der Waals surface area contributed by atoms with Crippen molar-refractivity contribution in [2.24, 2.45) is 0 Å². The maximum atomic E-state index is 13.1. The largest absolute Gasteiger partial charge is 0.455 e. The highest BCUT2D eigenvalue weighted by atomic mass is 32.2. The summed E-state index contributed by atoms with van der Waals surface area (Å²) < 4.78 is 38.8. The minimum atomic E-state index is -3.74. The predicted octanol–water partition coefficient (Wildman–Crippen LogP) is 3.92. The van der Waals surface area contributed by atoms with E-state index in [9.17, 15) is 13.2 Å². The average Bonchev–Trinajstić information content (AvgIpc) is 3.25. The first-order chi connectivity index (χ1) is 15.9. The van der Waals surface area contributed by atoms with E-state index in [1.165, 1.54) is 33.9 Å². The number of carbonyl (C=O) groups excluding carboxylic acids is 1. The molecule has 2 aromatic carbocycles. The van der Waals surface area contributed by atoms with Crippen molar-refractivity contribution >= 4 is 39.0 Å². The zero-order valence-electron chi connectivity index (χ0n) is 17.9. The van der Waals surface area contributed by atoms with Crippen molar-refractivity contribution < 1.29 is 22.7 Å². The van der Waals surface area contributed by atoms with E-state index in [-0.39, 0.29) is 23.7 Å². The van der Waals surface area contributed by atoms with Gasteiger partial charge in [-0.05, 0) is 43.3 Å². The average molecular weight is 486 g/mol. The molecule has 8 nitrogen and oxygen atoms in total. The van der Waals surface area contributed by atoms with Gasteiger partial charge in [0.15, 0.2) is 5.75 Å². The van der Waals surface area contributed by atoms with Crippen molar-refractivity contribution in [3.05, 3.63) is 70.7 Å². The number of thiazole rings is 1. The first-order valence-electron chi connectivity index (χ1n) is 10.3. The lowest BCUT2D eigenvalue weighted by Crippen LogP contribution is -2.40. The number of ether oxygens (including phenoxy) is 2. The van der Waals surface area contributed by atoms with Crippen molar-refractivity contribution in [3.63, 3.8) is 0 Å². The molecule has 0 unspecified atom stereocenters. The van der Waals surface area contributed by atoms with Crippen LogP contribution in [0.4, 0.5) is 5.69 Å². The summed E-state index contributed by atoms with van der Waals surface area (Å²) in [5, 5.41) is 5.48. The van der Waals surface area contributed by atoms with Crippen LogP contribution in [0.2, 0.25) is 0 Å². The molecule has 0 radical (unpaired) electrons. The van der Waals surface area contributed by atoms with Crippen LogP contribution in [0.25, 0.3) is 6.08 Å². The molecule has 0 atom stereocenters. The Labute approximate surface area is 196 Å². The minimum absolute atomic E-state index is 0.0687. The van der Waals surface area contributed by atoms with Crippen molar-refractivity contribution in [2.75, 3.05) is 31.6 Å². The molecule has 0 aliphatic carbocycles. The molecule has 2 heterocycles. The number of nitrogens with zero attached hydrogens (tertiary/aromatic N) is 2. The Morgan fingerprint density at radius 1 is 1.18 bits per heavy atom. The Bertz CT molecular complexity index is 1250. The smallest absolute Gasteiger partial charge is 0.248 e. The molecule has 0 spiro atoms. The SMILES string of the molecule is Cc1nc(/C=C/C(=O)Nc2cc(S(=O)(=O)N3CCOCC3)ccc2Oc2ccccc2)cs1. The second-order valence-electron chi connectivity index (χ2n) is 7.20. The number of hydrogen-bond acceptors (Lipinski definition) is 7. The van der Waals surface area contributed by atoms with Gasteiger partial charge in [0, 0.05) is 24.5 Å². The lowest BCUT2D eigenvalue weighted by Gasteiger charge is -2.26. The monoisotopic (exact) mass is 485 g/mol. The van der Waals surface area contributed by atoms with Gasteiger partial charge in [-0.15, -0.1) is 11.3 Å². The van der Waals surface area contributed by atoms with Crippen LogP contribution in [0.15, 0.2) is 64.9 Å². The topological polar surface area (TPSA) is 97.8 Å². The Hall–Kier alpha value is -3.05. The molecule has 4 rings (SSSR count). The number of para-hydroxylation sites is 1. The summed E-state index contributed by atoms with van der Waals surface area (Å²) >= 11 is 1.49. The molecule has 1 aliphatic rings. The van der Waals surface area contributed by atoms with E-state index in [1.807, 2.05) is 30.5 Å². The van der Waals surface area contributed by atoms with Gasteiger partial charge in [-0.3, -0.25) is 4.79 Å². The second kappa shape index (κ2) is 10.3. The third-order valence-corrected chi connectivity index (χ3v) is 7.52. The molecule has 1 aromatic heterocycles. The van der Waals surface area contributed by atoms with Crippen molar-refractivity contribution in [2.45, 2.75) is 11.8 Å². The molecule has 10 heteroatoms. The van der Waals surface area contributed by atoms with Crippen LogP contribution < -0.4 is 10.1 Å². The quantitative estimate of drug-likeness (QED) is 0.510. The first kappa shape index (κ1) is 23.1. The third-order valence-electron chi connectivity index (χ3n) is 4.83. The molecule has 0 saturated carbocycles. The maximum Gasteiger partial charge on any atom is 0.248 e. The molecular formula is C23H23N3O5S2. The van der Waals surface area contributed by atoms with Gasteiger partial charge in [-0.25, -0.2) is 13.4 Å². The molecule has 1 saturated heterocycles. The van der Waals surface area contributed by atoms with Gasteiger partial charge >= 0.3 is 0 Å². The van der Waals surface area contributed by atoms with Crippen LogP contribution in [-0.4, -0.2) is 49.9 Å². The summed E-state index contributed by atoms with van der Waals surface area (Å²) in [6, 6.07) is 13.5. The van der Waals surface area contributed by atoms with Crippen LogP contribution >= 0.6 is 11.3 Å². The summed E-state index contributed by atoms with van der Waals surface area (Å²) in [6.07, 6.45) is 2.95. The molecule has 172 valence electrons. The van der Waals surface area contributed by atoms with E-state index in [1.54, 1.807) is 24.3 Å². The van der Waals surface area contributed by atoms with Crippen LogP contribution in [0, 0.1) is 6.92 Å². The van der Waals surface area contributed by atoms with E-state index in [0.29, 0.717) is 30.4 Å². The highest BCUT2D eigenvalue weighted by Gasteiger charge is 2.27. The fourth-order valence-electron chi connectivity index (χ4n) is 3.20. The van der Waals surface area contributed by atoms with Gasteiger partial charge in [0.05, 0.1) is 34.5 Å². The number of hydrogen-bond donors (Lipinski definition) is 1. The normalized spacial score (nSPS) is 14.9. The Kier molecular flexibility index (Phi) is 7.19. The number of sulfonamides is 1. The molecular weight excluding hydrogens is 462 g/mol. The number of aromatic nitrogens is 1. The fourth-order valence-corrected chi connectivity index (χ4v) is 5.22. The number of anilines is 1. The van der Waals surface area contributed by atoms with Gasteiger partial charge in [0.25, 0.3) is 0 Å². The standard InChI is InChI=1S/C23H23N3O5S2/c1-17-24-18(16-32-17)7-10-23(27)25-21-15-20(33(28,29)26-11-13-30-14-12-26)8-9-22(21)31-19-5-3-2-4-6-19/h2-10,15-16H,11-14H2,1H3,(H,25,27)/b10-7+. The highest BCUT2D eigenvalue weighted by molar-refractivity contribution is 7.89. The summed E-state index contributed by atoms with van der Waals surface area (Å²) in [7, 11) is -3.74. The molecule has 0 bridgehead atoms. The predicted molar refractivity (Wildman–Crippen MR) is 127 cm³/mol. The minimum Gasteiger partial charge on any atom is -0.455 e. The van der Waals surface area contributed by atoms with Crippen molar-refractivity contribution in [1.29, 1.82) is 0 Å². The lowest BCUT2D eigenvalue weighted by molar-refractivity contribution is -0.111. The maximum absolute atomic E-state index is 13.1. The second-order valence-corrected chi connectivity index (χ2v) is 10.2. The van der Waals surface area contributed by atoms with Crippen LogP contribution in [-0.2, 0) is 19.6 Å². The zero-order valence-corrected chi connectivity index (χ0v) is 19.6. The highest BCUT2D eigenvalue weighted by Crippen LogP contribution is 2.33. The van der Waals surface area contributed by atoms with Crippen LogP contribution in [0.5, 0.6) is 11.5 Å². The molecule has 33 heavy (non-hydrogen) atoms. The number of amides is 1. The molecule has 1 N–H and O–H groups in total. The van der Waals surface area contributed by atoms with Crippen LogP contribution in [0.1, 0.15) is 10.7 Å².